The fourth-order valence-corrected chi connectivity index (χ4v) is 1.54. The third-order valence-electron chi connectivity index (χ3n) is 2.99. The molecule has 2 nitrogen and oxygen atoms in total. The summed E-state index contributed by atoms with van der Waals surface area (Å²) in [5.74, 6) is 0.925. The molecule has 1 fully saturated rings. The van der Waals surface area contributed by atoms with Crippen molar-refractivity contribution < 1.29 is 4.74 Å². The smallest absolute Gasteiger partial charge is 0.0667 e. The maximum absolute atomic E-state index is 5.17. The molecule has 1 saturated carbocycles. The van der Waals surface area contributed by atoms with E-state index in [1.54, 1.807) is 7.11 Å². The molecule has 1 aliphatic carbocycles. The second-order valence-corrected chi connectivity index (χ2v) is 3.93. The van der Waals surface area contributed by atoms with E-state index in [1.165, 1.54) is 19.3 Å². The number of nitrogens with one attached hydrogen (secondary N) is 1. The zero-order valence-corrected chi connectivity index (χ0v) is 8.47. The quantitative estimate of drug-likeness (QED) is 0.681. The van der Waals surface area contributed by atoms with Gasteiger partial charge in [-0.05, 0) is 32.6 Å². The molecule has 1 aliphatic rings. The van der Waals surface area contributed by atoms with Gasteiger partial charge in [0.15, 0.2) is 0 Å². The van der Waals surface area contributed by atoms with Crippen LogP contribution < -0.4 is 5.32 Å². The monoisotopic (exact) mass is 171 g/mol. The molecule has 2 unspecified atom stereocenters. The Balaban J connectivity index is 2.05. The van der Waals surface area contributed by atoms with Crippen molar-refractivity contribution in [3.8, 4) is 0 Å². The fraction of sp³-hybridized carbons (Fsp3) is 1.00. The Labute approximate surface area is 75.7 Å². The van der Waals surface area contributed by atoms with Crippen LogP contribution >= 0.6 is 0 Å². The highest BCUT2D eigenvalue weighted by atomic mass is 16.5. The van der Waals surface area contributed by atoms with Crippen LogP contribution in [-0.2, 0) is 4.74 Å². The molecule has 2 heteroatoms. The maximum Gasteiger partial charge on any atom is 0.0667 e. The van der Waals surface area contributed by atoms with Crippen LogP contribution in [0.2, 0.25) is 0 Å². The van der Waals surface area contributed by atoms with Gasteiger partial charge >= 0.3 is 0 Å². The molecule has 0 aromatic heterocycles. The summed E-state index contributed by atoms with van der Waals surface area (Å²) in [7, 11) is 1.76. The molecule has 0 aromatic rings. The summed E-state index contributed by atoms with van der Waals surface area (Å²) >= 11 is 0. The second-order valence-electron chi connectivity index (χ2n) is 3.93. The van der Waals surface area contributed by atoms with Crippen molar-refractivity contribution in [3.63, 3.8) is 0 Å². The molecule has 72 valence electrons. The SMILES string of the molecule is COC(C)CNC(C)C1CCC1. The van der Waals surface area contributed by atoms with Gasteiger partial charge < -0.3 is 10.1 Å². The first-order chi connectivity index (χ1) is 5.74. The fourth-order valence-electron chi connectivity index (χ4n) is 1.54. The molecular weight excluding hydrogens is 150 g/mol. The van der Waals surface area contributed by atoms with Gasteiger partial charge in [-0.15, -0.1) is 0 Å². The van der Waals surface area contributed by atoms with Crippen molar-refractivity contribution in [3.05, 3.63) is 0 Å². The second kappa shape index (κ2) is 4.83. The molecule has 0 aliphatic heterocycles. The molecule has 0 radical (unpaired) electrons. The molecular formula is C10H21NO. The highest BCUT2D eigenvalue weighted by Gasteiger charge is 2.23. The van der Waals surface area contributed by atoms with Gasteiger partial charge in [-0.2, -0.15) is 0 Å². The summed E-state index contributed by atoms with van der Waals surface area (Å²) in [6.07, 6.45) is 4.59. The Morgan fingerprint density at radius 3 is 2.50 bits per heavy atom. The van der Waals surface area contributed by atoms with Gasteiger partial charge in [0.2, 0.25) is 0 Å². The van der Waals surface area contributed by atoms with Crippen LogP contribution in [0.5, 0.6) is 0 Å². The van der Waals surface area contributed by atoms with E-state index < -0.39 is 0 Å². The highest BCUT2D eigenvalue weighted by molar-refractivity contribution is 4.79. The maximum atomic E-state index is 5.17. The Kier molecular flexibility index (Phi) is 4.02. The standard InChI is InChI=1S/C10H21NO/c1-8(12-3)7-11-9(2)10-5-4-6-10/h8-11H,4-7H2,1-3H3. The number of ether oxygens (including phenoxy) is 1. The van der Waals surface area contributed by atoms with Crippen LogP contribution in [0.4, 0.5) is 0 Å². The zero-order chi connectivity index (χ0) is 8.97. The van der Waals surface area contributed by atoms with Crippen molar-refractivity contribution in [1.82, 2.24) is 5.32 Å². The lowest BCUT2D eigenvalue weighted by atomic mass is 9.80. The lowest BCUT2D eigenvalue weighted by molar-refractivity contribution is 0.108. The van der Waals surface area contributed by atoms with Crippen molar-refractivity contribution in [1.29, 1.82) is 0 Å². The first kappa shape index (κ1) is 10.0. The number of hydrogen-bond acceptors (Lipinski definition) is 2. The summed E-state index contributed by atoms with van der Waals surface area (Å²) in [6.45, 7) is 5.36. The highest BCUT2D eigenvalue weighted by Crippen LogP contribution is 2.29. The summed E-state index contributed by atoms with van der Waals surface area (Å²) in [5, 5.41) is 3.51. The molecule has 0 amide bonds. The third-order valence-corrected chi connectivity index (χ3v) is 2.99. The van der Waals surface area contributed by atoms with Crippen molar-refractivity contribution >= 4 is 0 Å². The molecule has 0 aromatic carbocycles. The summed E-state index contributed by atoms with van der Waals surface area (Å²) in [4.78, 5) is 0. The van der Waals surface area contributed by atoms with Gasteiger partial charge in [-0.1, -0.05) is 6.42 Å². The summed E-state index contributed by atoms with van der Waals surface area (Å²) in [5.41, 5.74) is 0. The van der Waals surface area contributed by atoms with Crippen LogP contribution in [0, 0.1) is 5.92 Å². The van der Waals surface area contributed by atoms with E-state index in [0.29, 0.717) is 12.1 Å². The average molecular weight is 171 g/mol. The topological polar surface area (TPSA) is 21.3 Å². The normalized spacial score (nSPS) is 23.2. The molecule has 0 spiro atoms. The Morgan fingerprint density at radius 1 is 1.42 bits per heavy atom. The lowest BCUT2D eigenvalue weighted by Crippen LogP contribution is -2.40. The van der Waals surface area contributed by atoms with Crippen LogP contribution in [0.25, 0.3) is 0 Å². The largest absolute Gasteiger partial charge is 0.380 e. The zero-order valence-electron chi connectivity index (χ0n) is 8.47. The van der Waals surface area contributed by atoms with Gasteiger partial charge in [-0.25, -0.2) is 0 Å². The number of methoxy groups -OCH3 is 1. The number of hydrogen-bond donors (Lipinski definition) is 1. The lowest BCUT2D eigenvalue weighted by Gasteiger charge is -2.32. The van der Waals surface area contributed by atoms with Crippen LogP contribution in [0.3, 0.4) is 0 Å². The molecule has 0 saturated heterocycles. The predicted molar refractivity (Wildman–Crippen MR) is 51.3 cm³/mol. The van der Waals surface area contributed by atoms with Crippen molar-refractivity contribution in [2.24, 2.45) is 5.92 Å². The Morgan fingerprint density at radius 2 is 2.08 bits per heavy atom. The Bertz CT molecular complexity index is 123. The van der Waals surface area contributed by atoms with E-state index in [4.69, 9.17) is 4.74 Å². The molecule has 1 N–H and O–H groups in total. The minimum absolute atomic E-state index is 0.340. The van der Waals surface area contributed by atoms with E-state index in [2.05, 4.69) is 19.2 Å². The minimum atomic E-state index is 0.340. The predicted octanol–water partition coefficient (Wildman–Crippen LogP) is 1.80. The van der Waals surface area contributed by atoms with Gasteiger partial charge in [0.25, 0.3) is 0 Å². The Hall–Kier alpha value is -0.0800. The van der Waals surface area contributed by atoms with E-state index in [9.17, 15) is 0 Å². The van der Waals surface area contributed by atoms with E-state index in [-0.39, 0.29) is 0 Å². The van der Waals surface area contributed by atoms with E-state index in [1.807, 2.05) is 0 Å². The number of rotatable bonds is 5. The third kappa shape index (κ3) is 2.76. The molecule has 2 atom stereocenters. The minimum Gasteiger partial charge on any atom is -0.380 e. The van der Waals surface area contributed by atoms with E-state index >= 15 is 0 Å². The van der Waals surface area contributed by atoms with Crippen LogP contribution in [-0.4, -0.2) is 25.8 Å². The summed E-state index contributed by atoms with van der Waals surface area (Å²) in [6, 6.07) is 0.677. The summed E-state index contributed by atoms with van der Waals surface area (Å²) < 4.78 is 5.17. The average Bonchev–Trinajstić information content (AvgIpc) is 1.97. The van der Waals surface area contributed by atoms with Crippen LogP contribution in [0.1, 0.15) is 33.1 Å². The van der Waals surface area contributed by atoms with Crippen molar-refractivity contribution in [2.75, 3.05) is 13.7 Å². The van der Waals surface area contributed by atoms with Gasteiger partial charge in [0.1, 0.15) is 0 Å². The molecule has 12 heavy (non-hydrogen) atoms. The van der Waals surface area contributed by atoms with E-state index in [0.717, 1.165) is 12.5 Å². The van der Waals surface area contributed by atoms with Gasteiger partial charge in [-0.3, -0.25) is 0 Å². The van der Waals surface area contributed by atoms with Gasteiger partial charge in [0, 0.05) is 19.7 Å². The van der Waals surface area contributed by atoms with Crippen LogP contribution in [0.15, 0.2) is 0 Å². The molecule has 1 rings (SSSR count). The molecule has 0 heterocycles. The van der Waals surface area contributed by atoms with Crippen molar-refractivity contribution in [2.45, 2.75) is 45.3 Å². The first-order valence-electron chi connectivity index (χ1n) is 5.00. The molecule has 0 bridgehead atoms. The van der Waals surface area contributed by atoms with Gasteiger partial charge in [0.05, 0.1) is 6.10 Å². The first-order valence-corrected chi connectivity index (χ1v) is 5.00.